The summed E-state index contributed by atoms with van der Waals surface area (Å²) in [5.41, 5.74) is 5.09. The summed E-state index contributed by atoms with van der Waals surface area (Å²) in [6.45, 7) is 1.89. The SMILES string of the molecule is Cc1coc(-c2c(-c3ccccc3)cnnc2-c2cccc(Cl)c2)n1. The third-order valence-corrected chi connectivity index (χ3v) is 4.10. The quantitative estimate of drug-likeness (QED) is 0.496. The van der Waals surface area contributed by atoms with Gasteiger partial charge in [0.05, 0.1) is 17.5 Å². The van der Waals surface area contributed by atoms with Crippen molar-refractivity contribution in [3.8, 4) is 33.8 Å². The summed E-state index contributed by atoms with van der Waals surface area (Å²) >= 11 is 6.17. The van der Waals surface area contributed by atoms with E-state index in [1.165, 1.54) is 0 Å². The van der Waals surface area contributed by atoms with E-state index in [2.05, 4.69) is 15.2 Å². The predicted octanol–water partition coefficient (Wildman–Crippen LogP) is 5.43. The summed E-state index contributed by atoms with van der Waals surface area (Å²) in [6, 6.07) is 17.5. The van der Waals surface area contributed by atoms with Gasteiger partial charge in [0, 0.05) is 16.1 Å². The normalized spacial score (nSPS) is 10.8. The van der Waals surface area contributed by atoms with Gasteiger partial charge in [0.25, 0.3) is 0 Å². The summed E-state index contributed by atoms with van der Waals surface area (Å²) in [5.74, 6) is 0.515. The van der Waals surface area contributed by atoms with Crippen LogP contribution in [0.5, 0.6) is 0 Å². The molecule has 25 heavy (non-hydrogen) atoms. The molecule has 2 aromatic heterocycles. The van der Waals surface area contributed by atoms with Crippen molar-refractivity contribution < 1.29 is 4.42 Å². The maximum absolute atomic E-state index is 6.17. The second-order valence-corrected chi connectivity index (χ2v) is 6.09. The molecular formula is C20H14ClN3O. The molecule has 4 aromatic rings. The highest BCUT2D eigenvalue weighted by Crippen LogP contribution is 2.38. The molecule has 2 aromatic carbocycles. The Labute approximate surface area is 150 Å². The number of hydrogen-bond donors (Lipinski definition) is 0. The summed E-state index contributed by atoms with van der Waals surface area (Å²) in [6.07, 6.45) is 3.37. The monoisotopic (exact) mass is 347 g/mol. The van der Waals surface area contributed by atoms with Crippen LogP contribution in [-0.2, 0) is 0 Å². The van der Waals surface area contributed by atoms with E-state index in [0.717, 1.165) is 27.9 Å². The van der Waals surface area contributed by atoms with Gasteiger partial charge in [-0.05, 0) is 24.6 Å². The van der Waals surface area contributed by atoms with Crippen LogP contribution in [-0.4, -0.2) is 15.2 Å². The van der Waals surface area contributed by atoms with E-state index in [1.807, 2.05) is 61.5 Å². The van der Waals surface area contributed by atoms with Gasteiger partial charge in [-0.15, -0.1) is 5.10 Å². The zero-order valence-electron chi connectivity index (χ0n) is 13.5. The molecule has 0 atom stereocenters. The van der Waals surface area contributed by atoms with Gasteiger partial charge in [-0.3, -0.25) is 0 Å². The van der Waals surface area contributed by atoms with Gasteiger partial charge in [0.1, 0.15) is 12.0 Å². The van der Waals surface area contributed by atoms with Crippen molar-refractivity contribution in [3.63, 3.8) is 0 Å². The van der Waals surface area contributed by atoms with Crippen LogP contribution in [0.25, 0.3) is 33.8 Å². The highest BCUT2D eigenvalue weighted by Gasteiger charge is 2.20. The molecule has 0 saturated heterocycles. The van der Waals surface area contributed by atoms with Crippen LogP contribution in [0.4, 0.5) is 0 Å². The fourth-order valence-corrected chi connectivity index (χ4v) is 2.94. The number of oxazole rings is 1. The van der Waals surface area contributed by atoms with E-state index < -0.39 is 0 Å². The molecule has 0 N–H and O–H groups in total. The second kappa shape index (κ2) is 6.49. The van der Waals surface area contributed by atoms with Crippen LogP contribution >= 0.6 is 11.6 Å². The molecule has 0 unspecified atom stereocenters. The first-order valence-electron chi connectivity index (χ1n) is 7.82. The average Bonchev–Trinajstić information content (AvgIpc) is 3.08. The van der Waals surface area contributed by atoms with E-state index >= 15 is 0 Å². The van der Waals surface area contributed by atoms with Gasteiger partial charge in [-0.25, -0.2) is 4.98 Å². The summed E-state index contributed by atoms with van der Waals surface area (Å²) in [5, 5.41) is 9.19. The Morgan fingerprint density at radius 2 is 1.76 bits per heavy atom. The Kier molecular flexibility index (Phi) is 4.04. The molecule has 0 aliphatic rings. The average molecular weight is 348 g/mol. The first-order chi connectivity index (χ1) is 12.2. The Balaban J connectivity index is 2.02. The Bertz CT molecular complexity index is 1030. The van der Waals surface area contributed by atoms with Crippen LogP contribution in [0.15, 0.2) is 71.5 Å². The molecule has 0 aliphatic heterocycles. The number of halogens is 1. The van der Waals surface area contributed by atoms with Crippen molar-refractivity contribution in [1.29, 1.82) is 0 Å². The Morgan fingerprint density at radius 3 is 2.48 bits per heavy atom. The molecule has 4 rings (SSSR count). The molecular weight excluding hydrogens is 334 g/mol. The second-order valence-electron chi connectivity index (χ2n) is 5.65. The van der Waals surface area contributed by atoms with E-state index in [9.17, 15) is 0 Å². The Hall–Kier alpha value is -2.98. The van der Waals surface area contributed by atoms with Gasteiger partial charge in [0.2, 0.25) is 5.89 Å². The number of hydrogen-bond acceptors (Lipinski definition) is 4. The molecule has 0 amide bonds. The van der Waals surface area contributed by atoms with Gasteiger partial charge < -0.3 is 4.42 Å². The fourth-order valence-electron chi connectivity index (χ4n) is 2.75. The predicted molar refractivity (Wildman–Crippen MR) is 98.1 cm³/mol. The zero-order chi connectivity index (χ0) is 17.2. The third kappa shape index (κ3) is 3.04. The molecule has 0 radical (unpaired) electrons. The van der Waals surface area contributed by atoms with Gasteiger partial charge in [-0.2, -0.15) is 5.10 Å². The lowest BCUT2D eigenvalue weighted by Crippen LogP contribution is -1.96. The lowest BCUT2D eigenvalue weighted by Gasteiger charge is -2.11. The molecule has 4 nitrogen and oxygen atoms in total. The number of nitrogens with zero attached hydrogens (tertiary/aromatic N) is 3. The molecule has 0 bridgehead atoms. The van der Waals surface area contributed by atoms with Crippen LogP contribution in [0.1, 0.15) is 5.69 Å². The first kappa shape index (κ1) is 15.5. The van der Waals surface area contributed by atoms with Crippen molar-refractivity contribution in [2.75, 3.05) is 0 Å². The maximum atomic E-state index is 6.17. The standard InChI is InChI=1S/C20H14ClN3O/c1-13-12-25-20(23-13)18-17(14-6-3-2-4-7-14)11-22-24-19(18)15-8-5-9-16(21)10-15/h2-12H,1H3. The molecule has 5 heteroatoms. The van der Waals surface area contributed by atoms with Gasteiger partial charge >= 0.3 is 0 Å². The van der Waals surface area contributed by atoms with Crippen molar-refractivity contribution >= 4 is 11.6 Å². The topological polar surface area (TPSA) is 51.8 Å². The number of benzene rings is 2. The number of aromatic nitrogens is 3. The van der Waals surface area contributed by atoms with Crippen molar-refractivity contribution in [2.24, 2.45) is 0 Å². The summed E-state index contributed by atoms with van der Waals surface area (Å²) in [4.78, 5) is 4.51. The van der Waals surface area contributed by atoms with Crippen LogP contribution in [0, 0.1) is 6.92 Å². The minimum absolute atomic E-state index is 0.515. The summed E-state index contributed by atoms with van der Waals surface area (Å²) < 4.78 is 5.69. The van der Waals surface area contributed by atoms with Crippen molar-refractivity contribution in [2.45, 2.75) is 6.92 Å². The number of aryl methyl sites for hydroxylation is 1. The largest absolute Gasteiger partial charge is 0.444 e. The third-order valence-electron chi connectivity index (χ3n) is 3.87. The van der Waals surface area contributed by atoms with Crippen LogP contribution < -0.4 is 0 Å². The lowest BCUT2D eigenvalue weighted by atomic mass is 9.97. The fraction of sp³-hybridized carbons (Fsp3) is 0.0500. The van der Waals surface area contributed by atoms with Gasteiger partial charge in [-0.1, -0.05) is 54.1 Å². The van der Waals surface area contributed by atoms with E-state index in [1.54, 1.807) is 12.5 Å². The smallest absolute Gasteiger partial charge is 0.229 e. The maximum Gasteiger partial charge on any atom is 0.229 e. The van der Waals surface area contributed by atoms with Crippen molar-refractivity contribution in [3.05, 3.63) is 77.8 Å². The van der Waals surface area contributed by atoms with E-state index in [-0.39, 0.29) is 0 Å². The number of rotatable bonds is 3. The van der Waals surface area contributed by atoms with E-state index in [0.29, 0.717) is 16.6 Å². The zero-order valence-corrected chi connectivity index (χ0v) is 14.2. The highest BCUT2D eigenvalue weighted by molar-refractivity contribution is 6.30. The van der Waals surface area contributed by atoms with Crippen LogP contribution in [0.3, 0.4) is 0 Å². The summed E-state index contributed by atoms with van der Waals surface area (Å²) in [7, 11) is 0. The van der Waals surface area contributed by atoms with Crippen molar-refractivity contribution in [1.82, 2.24) is 15.2 Å². The minimum Gasteiger partial charge on any atom is -0.444 e. The highest BCUT2D eigenvalue weighted by atomic mass is 35.5. The Morgan fingerprint density at radius 1 is 0.960 bits per heavy atom. The molecule has 0 spiro atoms. The first-order valence-corrected chi connectivity index (χ1v) is 8.20. The molecule has 0 fully saturated rings. The molecule has 0 aliphatic carbocycles. The van der Waals surface area contributed by atoms with E-state index in [4.69, 9.17) is 16.0 Å². The lowest BCUT2D eigenvalue weighted by molar-refractivity contribution is 0.573. The van der Waals surface area contributed by atoms with Gasteiger partial charge in [0.15, 0.2) is 0 Å². The van der Waals surface area contributed by atoms with Crippen LogP contribution in [0.2, 0.25) is 5.02 Å². The molecule has 122 valence electrons. The molecule has 0 saturated carbocycles. The molecule has 2 heterocycles. The minimum atomic E-state index is 0.515.